The molecule has 1 aliphatic rings. The van der Waals surface area contributed by atoms with Crippen LogP contribution in [-0.4, -0.2) is 34.1 Å². The molecule has 6 nitrogen and oxygen atoms in total. The highest BCUT2D eigenvalue weighted by molar-refractivity contribution is 5.91. The normalized spacial score (nSPS) is 16.0. The number of amides is 2. The van der Waals surface area contributed by atoms with Gasteiger partial charge in [-0.3, -0.25) is 0 Å². The molecule has 0 unspecified atom stereocenters. The first-order valence-corrected chi connectivity index (χ1v) is 8.54. The van der Waals surface area contributed by atoms with Crippen LogP contribution in [0.15, 0.2) is 67.0 Å². The first-order valence-electron chi connectivity index (χ1n) is 8.54. The first-order chi connectivity index (χ1) is 12.8. The van der Waals surface area contributed by atoms with E-state index in [1.165, 1.54) is 0 Å². The van der Waals surface area contributed by atoms with Crippen LogP contribution in [0.4, 0.5) is 10.5 Å². The highest BCUT2D eigenvalue weighted by atomic mass is 16.5. The third-order valence-electron chi connectivity index (χ3n) is 4.62. The van der Waals surface area contributed by atoms with E-state index in [1.807, 2.05) is 29.2 Å². The van der Waals surface area contributed by atoms with Crippen LogP contribution in [0.5, 0.6) is 5.88 Å². The number of carbonyl (C=O) groups excluding carboxylic acids is 1. The number of anilines is 1. The van der Waals surface area contributed by atoms with Gasteiger partial charge in [-0.15, -0.1) is 0 Å². The van der Waals surface area contributed by atoms with Gasteiger partial charge in [0.05, 0.1) is 13.2 Å². The Balaban J connectivity index is 1.67. The number of carbonyl (C=O) groups is 1. The van der Waals surface area contributed by atoms with Crippen molar-refractivity contribution in [3.63, 3.8) is 0 Å². The van der Waals surface area contributed by atoms with Gasteiger partial charge in [-0.1, -0.05) is 30.3 Å². The van der Waals surface area contributed by atoms with Gasteiger partial charge in [0.15, 0.2) is 0 Å². The smallest absolute Gasteiger partial charge is 0.322 e. The quantitative estimate of drug-likeness (QED) is 0.788. The molecular formula is C20H20N4O2. The zero-order valence-electron chi connectivity index (χ0n) is 14.5. The zero-order chi connectivity index (χ0) is 17.9. The molecule has 26 heavy (non-hydrogen) atoms. The number of aromatic nitrogens is 2. The van der Waals surface area contributed by atoms with Gasteiger partial charge in [0, 0.05) is 31.2 Å². The number of urea groups is 1. The number of methoxy groups -OCH3 is 1. The molecule has 0 aliphatic carbocycles. The van der Waals surface area contributed by atoms with E-state index in [4.69, 9.17) is 4.74 Å². The topological polar surface area (TPSA) is 59.4 Å². The molecule has 1 aliphatic heterocycles. The second-order valence-electron chi connectivity index (χ2n) is 6.12. The first kappa shape index (κ1) is 16.2. The summed E-state index contributed by atoms with van der Waals surface area (Å²) < 4.78 is 7.44. The van der Waals surface area contributed by atoms with Gasteiger partial charge >= 0.3 is 6.03 Å². The van der Waals surface area contributed by atoms with Gasteiger partial charge in [0.2, 0.25) is 5.88 Å². The summed E-state index contributed by atoms with van der Waals surface area (Å²) >= 11 is 0. The molecule has 1 N–H and O–H groups in total. The minimum Gasteiger partial charge on any atom is -0.480 e. The lowest BCUT2D eigenvalue weighted by molar-refractivity contribution is 0.181. The highest BCUT2D eigenvalue weighted by Crippen LogP contribution is 2.33. The molecule has 1 atom stereocenters. The summed E-state index contributed by atoms with van der Waals surface area (Å²) in [4.78, 5) is 19.1. The predicted molar refractivity (Wildman–Crippen MR) is 99.2 cm³/mol. The van der Waals surface area contributed by atoms with Crippen molar-refractivity contribution in [3.8, 4) is 5.88 Å². The van der Waals surface area contributed by atoms with Crippen LogP contribution in [0.25, 0.3) is 0 Å². The monoisotopic (exact) mass is 348 g/mol. The maximum absolute atomic E-state index is 13.1. The third-order valence-corrected chi connectivity index (χ3v) is 4.62. The van der Waals surface area contributed by atoms with E-state index < -0.39 is 0 Å². The van der Waals surface area contributed by atoms with Crippen molar-refractivity contribution in [3.05, 3.63) is 78.2 Å². The Hall–Kier alpha value is -3.28. The molecule has 1 aromatic carbocycles. The number of ether oxygens (including phenoxy) is 1. The summed E-state index contributed by atoms with van der Waals surface area (Å²) in [7, 11) is 1.54. The number of hydrogen-bond acceptors (Lipinski definition) is 3. The molecule has 6 heteroatoms. The summed E-state index contributed by atoms with van der Waals surface area (Å²) in [6, 6.07) is 17.4. The molecule has 0 spiro atoms. The lowest BCUT2D eigenvalue weighted by Crippen LogP contribution is -2.44. The molecule has 2 aromatic heterocycles. The van der Waals surface area contributed by atoms with Crippen molar-refractivity contribution in [1.29, 1.82) is 0 Å². The molecular weight excluding hydrogens is 328 g/mol. The molecule has 4 rings (SSSR count). The Bertz CT molecular complexity index is 907. The summed E-state index contributed by atoms with van der Waals surface area (Å²) in [6.45, 7) is 1.39. The van der Waals surface area contributed by atoms with Crippen LogP contribution in [-0.2, 0) is 6.54 Å². The number of nitrogens with one attached hydrogen (secondary N) is 1. The summed E-state index contributed by atoms with van der Waals surface area (Å²) in [6.07, 6.45) is 3.69. The van der Waals surface area contributed by atoms with Gasteiger partial charge in [0.1, 0.15) is 5.69 Å². The van der Waals surface area contributed by atoms with Crippen LogP contribution in [0.3, 0.4) is 0 Å². The van der Waals surface area contributed by atoms with Crippen molar-refractivity contribution in [2.45, 2.75) is 12.6 Å². The van der Waals surface area contributed by atoms with E-state index in [1.54, 1.807) is 25.4 Å². The Morgan fingerprint density at radius 2 is 1.96 bits per heavy atom. The number of rotatable bonds is 3. The average Bonchev–Trinajstić information content (AvgIpc) is 3.17. The van der Waals surface area contributed by atoms with E-state index in [9.17, 15) is 4.79 Å². The minimum atomic E-state index is -0.169. The predicted octanol–water partition coefficient (Wildman–Crippen LogP) is 3.53. The Kier molecular flexibility index (Phi) is 4.31. The SMILES string of the molecule is COc1ncccc1NC(=O)N1CCn2cccc2[C@@H]1c1ccccc1. The number of fused-ring (bicyclic) bond motifs is 1. The molecule has 0 radical (unpaired) electrons. The maximum Gasteiger partial charge on any atom is 0.322 e. The number of hydrogen-bond donors (Lipinski definition) is 1. The van der Waals surface area contributed by atoms with Crippen molar-refractivity contribution in [2.75, 3.05) is 19.0 Å². The molecule has 3 aromatic rings. The summed E-state index contributed by atoms with van der Waals surface area (Å²) in [5, 5.41) is 2.94. The van der Waals surface area contributed by atoms with Gasteiger partial charge < -0.3 is 19.5 Å². The van der Waals surface area contributed by atoms with Crippen LogP contribution < -0.4 is 10.1 Å². The lowest BCUT2D eigenvalue weighted by Gasteiger charge is -2.37. The van der Waals surface area contributed by atoms with Gasteiger partial charge in [-0.2, -0.15) is 0 Å². The summed E-state index contributed by atoms with van der Waals surface area (Å²) in [5.74, 6) is 0.400. The van der Waals surface area contributed by atoms with Crippen LogP contribution in [0.2, 0.25) is 0 Å². The number of benzene rings is 1. The van der Waals surface area contributed by atoms with Crippen LogP contribution in [0.1, 0.15) is 17.3 Å². The Labute approximate surface area is 152 Å². The van der Waals surface area contributed by atoms with Crippen molar-refractivity contribution < 1.29 is 9.53 Å². The van der Waals surface area contributed by atoms with E-state index >= 15 is 0 Å². The minimum absolute atomic E-state index is 0.136. The van der Waals surface area contributed by atoms with Crippen LogP contribution in [0, 0.1) is 0 Å². The second-order valence-corrected chi connectivity index (χ2v) is 6.12. The summed E-state index contributed by atoms with van der Waals surface area (Å²) in [5.41, 5.74) is 2.75. The van der Waals surface area contributed by atoms with E-state index in [-0.39, 0.29) is 12.1 Å². The lowest BCUT2D eigenvalue weighted by atomic mass is 10.0. The van der Waals surface area contributed by atoms with Gasteiger partial charge in [-0.05, 0) is 29.8 Å². The van der Waals surface area contributed by atoms with Gasteiger partial charge in [0.25, 0.3) is 0 Å². The standard InChI is InChI=1S/C20H20N4O2/c1-26-19-16(9-5-11-21-19)22-20(25)24-14-13-23-12-6-10-17(23)18(24)15-7-3-2-4-8-15/h2-12,18H,13-14H2,1H3,(H,22,25)/t18-/m0/s1. The zero-order valence-corrected chi connectivity index (χ0v) is 14.5. The van der Waals surface area contributed by atoms with Crippen molar-refractivity contribution in [1.82, 2.24) is 14.5 Å². The molecule has 0 saturated heterocycles. The fourth-order valence-electron chi connectivity index (χ4n) is 3.42. The van der Waals surface area contributed by atoms with E-state index in [0.717, 1.165) is 17.8 Å². The van der Waals surface area contributed by atoms with E-state index in [0.29, 0.717) is 18.1 Å². The third kappa shape index (κ3) is 2.90. The van der Waals surface area contributed by atoms with E-state index in [2.05, 4.69) is 39.3 Å². The average molecular weight is 348 g/mol. The molecule has 2 amide bonds. The molecule has 0 fully saturated rings. The maximum atomic E-state index is 13.1. The molecule has 0 bridgehead atoms. The Morgan fingerprint density at radius 3 is 2.77 bits per heavy atom. The molecule has 132 valence electrons. The van der Waals surface area contributed by atoms with Crippen molar-refractivity contribution >= 4 is 11.7 Å². The largest absolute Gasteiger partial charge is 0.480 e. The fraction of sp³-hybridized carbons (Fsp3) is 0.200. The number of pyridine rings is 1. The fourth-order valence-corrected chi connectivity index (χ4v) is 3.42. The number of nitrogens with zero attached hydrogens (tertiary/aromatic N) is 3. The van der Waals surface area contributed by atoms with Crippen LogP contribution >= 0.6 is 0 Å². The molecule has 0 saturated carbocycles. The molecule has 3 heterocycles. The van der Waals surface area contributed by atoms with Gasteiger partial charge in [-0.25, -0.2) is 9.78 Å². The Morgan fingerprint density at radius 1 is 1.12 bits per heavy atom. The second kappa shape index (κ2) is 6.92. The highest BCUT2D eigenvalue weighted by Gasteiger charge is 2.32. The van der Waals surface area contributed by atoms with Crippen molar-refractivity contribution in [2.24, 2.45) is 0 Å².